The predicted molar refractivity (Wildman–Crippen MR) is 95.1 cm³/mol. The fraction of sp³-hybridized carbons (Fsp3) is 0.350. The molecule has 0 spiro atoms. The van der Waals surface area contributed by atoms with E-state index >= 15 is 0 Å². The Kier molecular flexibility index (Phi) is 5.43. The number of nitrogens with one attached hydrogen (secondary N) is 1. The Labute approximate surface area is 138 Å². The maximum absolute atomic E-state index is 12.0. The number of anilines is 1. The number of ether oxygens (including phenoxy) is 1. The van der Waals surface area contributed by atoms with Gasteiger partial charge in [0.05, 0.1) is 7.11 Å². The number of carbonyl (C=O) groups excluding carboxylic acids is 1. The largest absolute Gasteiger partial charge is 0.497 e. The summed E-state index contributed by atoms with van der Waals surface area (Å²) in [5, 5.41) is 2.90. The van der Waals surface area contributed by atoms with Crippen LogP contribution in [0.1, 0.15) is 38.3 Å². The third-order valence-electron chi connectivity index (χ3n) is 3.83. The van der Waals surface area contributed by atoms with Crippen LogP contribution in [0.4, 0.5) is 5.69 Å². The molecule has 3 heteroatoms. The van der Waals surface area contributed by atoms with Crippen LogP contribution in [0.3, 0.4) is 0 Å². The molecule has 2 rings (SSSR count). The molecule has 0 unspecified atom stereocenters. The van der Waals surface area contributed by atoms with Crippen LogP contribution in [0.25, 0.3) is 0 Å². The topological polar surface area (TPSA) is 38.3 Å². The molecule has 0 saturated heterocycles. The molecule has 0 aliphatic rings. The van der Waals surface area contributed by atoms with E-state index in [1.807, 2.05) is 24.3 Å². The number of hydrogen-bond donors (Lipinski definition) is 1. The van der Waals surface area contributed by atoms with E-state index < -0.39 is 0 Å². The van der Waals surface area contributed by atoms with Gasteiger partial charge in [-0.05, 0) is 47.2 Å². The molecule has 0 aliphatic heterocycles. The van der Waals surface area contributed by atoms with Crippen LogP contribution in [-0.4, -0.2) is 13.0 Å². The summed E-state index contributed by atoms with van der Waals surface area (Å²) in [6.45, 7) is 6.60. The van der Waals surface area contributed by atoms with Gasteiger partial charge in [-0.25, -0.2) is 0 Å². The van der Waals surface area contributed by atoms with E-state index in [1.54, 1.807) is 7.11 Å². The summed E-state index contributed by atoms with van der Waals surface area (Å²) in [6, 6.07) is 15.9. The molecular formula is C20H25NO2. The fourth-order valence-electron chi connectivity index (χ4n) is 2.33. The van der Waals surface area contributed by atoms with Crippen molar-refractivity contribution in [1.29, 1.82) is 0 Å². The number of benzene rings is 2. The lowest BCUT2D eigenvalue weighted by Crippen LogP contribution is -2.13. The van der Waals surface area contributed by atoms with Crippen LogP contribution < -0.4 is 10.1 Å². The zero-order valence-corrected chi connectivity index (χ0v) is 14.3. The highest BCUT2D eigenvalue weighted by Crippen LogP contribution is 2.22. The van der Waals surface area contributed by atoms with E-state index in [0.29, 0.717) is 6.42 Å². The number of methoxy groups -OCH3 is 1. The van der Waals surface area contributed by atoms with Crippen molar-refractivity contribution in [3.05, 3.63) is 59.7 Å². The SMILES string of the molecule is COc1ccc(NC(=O)CCc2ccc(C(C)(C)C)cc2)cc1. The van der Waals surface area contributed by atoms with Crippen molar-refractivity contribution in [3.63, 3.8) is 0 Å². The van der Waals surface area contributed by atoms with Crippen LogP contribution in [0, 0.1) is 0 Å². The summed E-state index contributed by atoms with van der Waals surface area (Å²) in [6.07, 6.45) is 1.22. The highest BCUT2D eigenvalue weighted by molar-refractivity contribution is 5.90. The minimum atomic E-state index is 0.0232. The van der Waals surface area contributed by atoms with E-state index in [2.05, 4.69) is 50.4 Å². The number of amides is 1. The molecule has 0 radical (unpaired) electrons. The average Bonchev–Trinajstić information content (AvgIpc) is 2.53. The molecule has 122 valence electrons. The minimum absolute atomic E-state index is 0.0232. The summed E-state index contributed by atoms with van der Waals surface area (Å²) in [5.74, 6) is 0.803. The van der Waals surface area contributed by atoms with Crippen molar-refractivity contribution < 1.29 is 9.53 Å². The van der Waals surface area contributed by atoms with Gasteiger partial charge >= 0.3 is 0 Å². The third kappa shape index (κ3) is 5.13. The van der Waals surface area contributed by atoms with E-state index in [-0.39, 0.29) is 11.3 Å². The normalized spacial score (nSPS) is 11.1. The van der Waals surface area contributed by atoms with E-state index in [4.69, 9.17) is 4.74 Å². The minimum Gasteiger partial charge on any atom is -0.497 e. The second kappa shape index (κ2) is 7.32. The highest BCUT2D eigenvalue weighted by atomic mass is 16.5. The van der Waals surface area contributed by atoms with Gasteiger partial charge in [-0.1, -0.05) is 45.0 Å². The molecule has 0 aliphatic carbocycles. The Hall–Kier alpha value is -2.29. The zero-order chi connectivity index (χ0) is 16.9. The quantitative estimate of drug-likeness (QED) is 0.879. The van der Waals surface area contributed by atoms with Gasteiger partial charge in [-0.3, -0.25) is 4.79 Å². The highest BCUT2D eigenvalue weighted by Gasteiger charge is 2.13. The average molecular weight is 311 g/mol. The Balaban J connectivity index is 1.86. The van der Waals surface area contributed by atoms with Crippen molar-refractivity contribution in [2.45, 2.75) is 39.0 Å². The first-order chi connectivity index (χ1) is 10.9. The molecule has 2 aromatic rings. The summed E-state index contributed by atoms with van der Waals surface area (Å²) in [5.41, 5.74) is 3.44. The van der Waals surface area contributed by atoms with Gasteiger partial charge in [0.25, 0.3) is 0 Å². The first kappa shape index (κ1) is 17.1. The van der Waals surface area contributed by atoms with Gasteiger partial charge in [0, 0.05) is 12.1 Å². The van der Waals surface area contributed by atoms with Gasteiger partial charge < -0.3 is 10.1 Å². The van der Waals surface area contributed by atoms with Gasteiger partial charge in [0.1, 0.15) is 5.75 Å². The van der Waals surface area contributed by atoms with Crippen molar-refractivity contribution in [1.82, 2.24) is 0 Å². The molecule has 1 N–H and O–H groups in total. The summed E-state index contributed by atoms with van der Waals surface area (Å²) in [4.78, 5) is 12.0. The Morgan fingerprint density at radius 2 is 1.61 bits per heavy atom. The summed E-state index contributed by atoms with van der Waals surface area (Å²) < 4.78 is 5.10. The van der Waals surface area contributed by atoms with Crippen molar-refractivity contribution in [3.8, 4) is 5.75 Å². The van der Waals surface area contributed by atoms with Crippen LogP contribution in [0.15, 0.2) is 48.5 Å². The Morgan fingerprint density at radius 1 is 1.00 bits per heavy atom. The lowest BCUT2D eigenvalue weighted by atomic mass is 9.86. The van der Waals surface area contributed by atoms with Crippen molar-refractivity contribution in [2.75, 3.05) is 12.4 Å². The van der Waals surface area contributed by atoms with E-state index in [0.717, 1.165) is 17.9 Å². The first-order valence-corrected chi connectivity index (χ1v) is 7.92. The number of carbonyl (C=O) groups is 1. The standard InChI is InChI=1S/C20H25NO2/c1-20(2,3)16-8-5-15(6-9-16)7-14-19(22)21-17-10-12-18(23-4)13-11-17/h5-6,8-13H,7,14H2,1-4H3,(H,21,22). The Morgan fingerprint density at radius 3 is 2.13 bits per heavy atom. The molecule has 0 heterocycles. The van der Waals surface area contributed by atoms with Crippen LogP contribution in [-0.2, 0) is 16.6 Å². The summed E-state index contributed by atoms with van der Waals surface area (Å²) in [7, 11) is 1.62. The number of rotatable bonds is 5. The Bertz CT molecular complexity index is 637. The van der Waals surface area contributed by atoms with Crippen molar-refractivity contribution in [2.24, 2.45) is 0 Å². The molecule has 0 aromatic heterocycles. The molecule has 2 aromatic carbocycles. The monoisotopic (exact) mass is 311 g/mol. The molecule has 23 heavy (non-hydrogen) atoms. The van der Waals surface area contributed by atoms with Crippen LogP contribution in [0.5, 0.6) is 5.75 Å². The van der Waals surface area contributed by atoms with Crippen LogP contribution >= 0.6 is 0 Å². The fourth-order valence-corrected chi connectivity index (χ4v) is 2.33. The van der Waals surface area contributed by atoms with Crippen molar-refractivity contribution >= 4 is 11.6 Å². The molecule has 0 atom stereocenters. The molecular weight excluding hydrogens is 286 g/mol. The van der Waals surface area contributed by atoms with Gasteiger partial charge in [-0.15, -0.1) is 0 Å². The second-order valence-corrected chi connectivity index (χ2v) is 6.72. The van der Waals surface area contributed by atoms with Gasteiger partial charge in [0.2, 0.25) is 5.91 Å². The number of hydrogen-bond acceptors (Lipinski definition) is 2. The zero-order valence-electron chi connectivity index (χ0n) is 14.3. The van der Waals surface area contributed by atoms with Gasteiger partial charge in [-0.2, -0.15) is 0 Å². The van der Waals surface area contributed by atoms with Gasteiger partial charge in [0.15, 0.2) is 0 Å². The molecule has 0 fully saturated rings. The van der Waals surface area contributed by atoms with E-state index in [9.17, 15) is 4.79 Å². The van der Waals surface area contributed by atoms with Crippen LogP contribution in [0.2, 0.25) is 0 Å². The predicted octanol–water partition coefficient (Wildman–Crippen LogP) is 4.56. The maximum atomic E-state index is 12.0. The smallest absolute Gasteiger partial charge is 0.224 e. The molecule has 0 saturated carbocycles. The number of aryl methyl sites for hydroxylation is 1. The lowest BCUT2D eigenvalue weighted by Gasteiger charge is -2.19. The first-order valence-electron chi connectivity index (χ1n) is 7.92. The maximum Gasteiger partial charge on any atom is 0.224 e. The second-order valence-electron chi connectivity index (χ2n) is 6.72. The van der Waals surface area contributed by atoms with E-state index in [1.165, 1.54) is 11.1 Å². The molecule has 3 nitrogen and oxygen atoms in total. The summed E-state index contributed by atoms with van der Waals surface area (Å²) >= 11 is 0. The third-order valence-corrected chi connectivity index (χ3v) is 3.83. The molecule has 1 amide bonds. The molecule has 0 bridgehead atoms. The lowest BCUT2D eigenvalue weighted by molar-refractivity contribution is -0.116.